The van der Waals surface area contributed by atoms with E-state index in [4.69, 9.17) is 11.6 Å². The summed E-state index contributed by atoms with van der Waals surface area (Å²) < 4.78 is 31.1. The summed E-state index contributed by atoms with van der Waals surface area (Å²) in [5.41, 5.74) is 0.651. The molecule has 0 aliphatic carbocycles. The molecule has 1 aromatic carbocycles. The number of carbonyl (C=O) groups excluding carboxylic acids is 1. The third-order valence-corrected chi connectivity index (χ3v) is 6.94. The maximum absolute atomic E-state index is 12.5. The standard InChI is InChI=1S/C16H19ClN4O3S2/c1-11-15(25-20-19-11)16(22)21-8-6-12(7-9-21)10-18-26(23,24)14-4-2-13(17)3-5-14/h2-5,12,18H,6-10H2,1H3. The Labute approximate surface area is 161 Å². The van der Waals surface area contributed by atoms with Crippen molar-refractivity contribution in [1.82, 2.24) is 19.2 Å². The van der Waals surface area contributed by atoms with E-state index in [2.05, 4.69) is 14.3 Å². The second kappa shape index (κ2) is 7.99. The van der Waals surface area contributed by atoms with E-state index in [0.717, 1.165) is 24.4 Å². The molecule has 0 spiro atoms. The summed E-state index contributed by atoms with van der Waals surface area (Å²) in [5.74, 6) is 0.152. The molecule has 1 fully saturated rings. The number of amides is 1. The quantitative estimate of drug-likeness (QED) is 0.810. The van der Waals surface area contributed by atoms with Crippen LogP contribution in [0.25, 0.3) is 0 Å². The van der Waals surface area contributed by atoms with Crippen molar-refractivity contribution < 1.29 is 13.2 Å². The SMILES string of the molecule is Cc1nnsc1C(=O)N1CCC(CNS(=O)(=O)c2ccc(Cl)cc2)CC1. The summed E-state index contributed by atoms with van der Waals surface area (Å²) in [4.78, 5) is 15.0. The average molecular weight is 415 g/mol. The van der Waals surface area contributed by atoms with Gasteiger partial charge in [-0.25, -0.2) is 13.1 Å². The fourth-order valence-electron chi connectivity index (χ4n) is 2.84. The number of benzene rings is 1. The van der Waals surface area contributed by atoms with E-state index in [1.165, 1.54) is 12.1 Å². The van der Waals surface area contributed by atoms with Crippen LogP contribution in [-0.2, 0) is 10.0 Å². The number of rotatable bonds is 5. The van der Waals surface area contributed by atoms with Gasteiger partial charge in [-0.2, -0.15) is 0 Å². The number of piperidine rings is 1. The highest BCUT2D eigenvalue weighted by Gasteiger charge is 2.27. The summed E-state index contributed by atoms with van der Waals surface area (Å²) in [5, 5.41) is 4.37. The molecule has 2 heterocycles. The monoisotopic (exact) mass is 414 g/mol. The van der Waals surface area contributed by atoms with Crippen LogP contribution in [0.1, 0.15) is 28.2 Å². The highest BCUT2D eigenvalue weighted by molar-refractivity contribution is 7.89. The van der Waals surface area contributed by atoms with Gasteiger partial charge < -0.3 is 4.90 Å². The van der Waals surface area contributed by atoms with Crippen LogP contribution in [0.2, 0.25) is 5.02 Å². The average Bonchev–Trinajstić information content (AvgIpc) is 3.06. The molecule has 1 amide bonds. The summed E-state index contributed by atoms with van der Waals surface area (Å²) in [7, 11) is -3.55. The molecule has 0 unspecified atom stereocenters. The van der Waals surface area contributed by atoms with E-state index < -0.39 is 10.0 Å². The predicted molar refractivity (Wildman–Crippen MR) is 99.9 cm³/mol. The van der Waals surface area contributed by atoms with Gasteiger partial charge in [0.1, 0.15) is 4.88 Å². The predicted octanol–water partition coefficient (Wildman–Crippen LogP) is 2.33. The Balaban J connectivity index is 1.52. The topological polar surface area (TPSA) is 92.3 Å². The Morgan fingerprint density at radius 2 is 1.96 bits per heavy atom. The number of carbonyl (C=O) groups is 1. The lowest BCUT2D eigenvalue weighted by molar-refractivity contribution is 0.0696. The molecule has 0 bridgehead atoms. The van der Waals surface area contributed by atoms with Crippen LogP contribution in [0.15, 0.2) is 29.2 Å². The van der Waals surface area contributed by atoms with E-state index in [9.17, 15) is 13.2 Å². The van der Waals surface area contributed by atoms with Crippen molar-refractivity contribution in [3.8, 4) is 0 Å². The van der Waals surface area contributed by atoms with Crippen LogP contribution in [0.5, 0.6) is 0 Å². The zero-order valence-electron chi connectivity index (χ0n) is 14.2. The number of sulfonamides is 1. The van der Waals surface area contributed by atoms with Gasteiger partial charge in [-0.15, -0.1) is 5.10 Å². The Morgan fingerprint density at radius 1 is 1.31 bits per heavy atom. The number of aryl methyl sites for hydroxylation is 1. The molecule has 1 aromatic heterocycles. The van der Waals surface area contributed by atoms with Gasteiger partial charge in [-0.3, -0.25) is 4.79 Å². The largest absolute Gasteiger partial charge is 0.338 e. The maximum Gasteiger partial charge on any atom is 0.267 e. The molecule has 1 saturated heterocycles. The van der Waals surface area contributed by atoms with E-state index in [-0.39, 0.29) is 16.7 Å². The van der Waals surface area contributed by atoms with Crippen LogP contribution in [0.3, 0.4) is 0 Å². The second-order valence-corrected chi connectivity index (χ2v) is 9.19. The molecule has 26 heavy (non-hydrogen) atoms. The lowest BCUT2D eigenvalue weighted by Gasteiger charge is -2.31. The molecule has 10 heteroatoms. The second-order valence-electron chi connectivity index (χ2n) is 6.23. The minimum atomic E-state index is -3.55. The Morgan fingerprint density at radius 3 is 2.54 bits per heavy atom. The van der Waals surface area contributed by atoms with Crippen molar-refractivity contribution in [2.75, 3.05) is 19.6 Å². The third-order valence-electron chi connectivity index (χ3n) is 4.43. The van der Waals surface area contributed by atoms with Gasteiger partial charge >= 0.3 is 0 Å². The molecule has 3 rings (SSSR count). The van der Waals surface area contributed by atoms with Crippen LogP contribution in [0.4, 0.5) is 0 Å². The van der Waals surface area contributed by atoms with Gasteiger partial charge in [-0.1, -0.05) is 16.1 Å². The Bertz CT molecular complexity index is 875. The van der Waals surface area contributed by atoms with Gasteiger partial charge in [0.25, 0.3) is 5.91 Å². The fraction of sp³-hybridized carbons (Fsp3) is 0.438. The maximum atomic E-state index is 12.5. The van der Waals surface area contributed by atoms with Crippen LogP contribution < -0.4 is 4.72 Å². The third kappa shape index (κ3) is 4.40. The molecule has 1 aliphatic rings. The number of aromatic nitrogens is 2. The zero-order valence-corrected chi connectivity index (χ0v) is 16.6. The first kappa shape index (κ1) is 19.2. The van der Waals surface area contributed by atoms with Crippen molar-refractivity contribution in [2.24, 2.45) is 5.92 Å². The van der Waals surface area contributed by atoms with E-state index in [0.29, 0.717) is 35.2 Å². The molecule has 1 N–H and O–H groups in total. The van der Waals surface area contributed by atoms with E-state index in [1.807, 2.05) is 0 Å². The molecule has 0 radical (unpaired) electrons. The molecule has 140 valence electrons. The van der Waals surface area contributed by atoms with Crippen molar-refractivity contribution in [2.45, 2.75) is 24.7 Å². The van der Waals surface area contributed by atoms with Crippen molar-refractivity contribution in [1.29, 1.82) is 0 Å². The molecule has 0 atom stereocenters. The number of nitrogens with zero attached hydrogens (tertiary/aromatic N) is 3. The Hall–Kier alpha value is -1.55. The molecule has 2 aromatic rings. The zero-order chi connectivity index (χ0) is 18.7. The summed E-state index contributed by atoms with van der Waals surface area (Å²) in [6.07, 6.45) is 1.50. The smallest absolute Gasteiger partial charge is 0.267 e. The van der Waals surface area contributed by atoms with Gasteiger partial charge in [0.2, 0.25) is 10.0 Å². The lowest BCUT2D eigenvalue weighted by Crippen LogP contribution is -2.41. The number of hydrogen-bond acceptors (Lipinski definition) is 6. The fourth-order valence-corrected chi connectivity index (χ4v) is 4.70. The highest BCUT2D eigenvalue weighted by Crippen LogP contribution is 2.21. The molecular formula is C16H19ClN4O3S2. The number of likely N-dealkylation sites (tertiary alicyclic amines) is 1. The van der Waals surface area contributed by atoms with Gasteiger partial charge in [0.05, 0.1) is 10.6 Å². The Kier molecular flexibility index (Phi) is 5.91. The van der Waals surface area contributed by atoms with E-state index >= 15 is 0 Å². The summed E-state index contributed by atoms with van der Waals surface area (Å²) in [6, 6.07) is 6.07. The summed E-state index contributed by atoms with van der Waals surface area (Å²) in [6.45, 7) is 3.33. The van der Waals surface area contributed by atoms with Crippen LogP contribution >= 0.6 is 23.1 Å². The van der Waals surface area contributed by atoms with Gasteiger partial charge in [0, 0.05) is 24.7 Å². The van der Waals surface area contributed by atoms with Crippen LogP contribution in [-0.4, -0.2) is 48.4 Å². The first-order valence-corrected chi connectivity index (χ1v) is 10.8. The van der Waals surface area contributed by atoms with Crippen molar-refractivity contribution in [3.05, 3.63) is 39.9 Å². The molecule has 0 saturated carbocycles. The van der Waals surface area contributed by atoms with E-state index in [1.54, 1.807) is 24.0 Å². The van der Waals surface area contributed by atoms with Gasteiger partial charge in [0.15, 0.2) is 0 Å². The summed E-state index contributed by atoms with van der Waals surface area (Å²) >= 11 is 6.90. The van der Waals surface area contributed by atoms with Crippen LogP contribution in [0, 0.1) is 12.8 Å². The lowest BCUT2D eigenvalue weighted by atomic mass is 9.97. The molecule has 1 aliphatic heterocycles. The molecular weight excluding hydrogens is 396 g/mol. The van der Waals surface area contributed by atoms with Crippen molar-refractivity contribution >= 4 is 39.1 Å². The minimum Gasteiger partial charge on any atom is -0.338 e. The normalized spacial score (nSPS) is 16.0. The molecule has 7 nitrogen and oxygen atoms in total. The number of halogens is 1. The minimum absolute atomic E-state index is 0.0438. The number of nitrogens with one attached hydrogen (secondary N) is 1. The first-order chi connectivity index (χ1) is 12.4. The van der Waals surface area contributed by atoms with Gasteiger partial charge in [-0.05, 0) is 61.5 Å². The van der Waals surface area contributed by atoms with Crippen molar-refractivity contribution in [3.63, 3.8) is 0 Å². The highest BCUT2D eigenvalue weighted by atomic mass is 35.5. The number of hydrogen-bond donors (Lipinski definition) is 1. The first-order valence-electron chi connectivity index (χ1n) is 8.20.